The maximum absolute atomic E-state index is 12.7. The first-order chi connectivity index (χ1) is 11.5. The highest BCUT2D eigenvalue weighted by molar-refractivity contribution is 7.89. The van der Waals surface area contributed by atoms with Gasteiger partial charge in [0, 0.05) is 13.1 Å². The number of benzene rings is 2. The Morgan fingerprint density at radius 2 is 1.62 bits per heavy atom. The van der Waals surface area contributed by atoms with Crippen LogP contribution in [0.15, 0.2) is 53.4 Å². The van der Waals surface area contributed by atoms with Gasteiger partial charge in [-0.1, -0.05) is 53.5 Å². The summed E-state index contributed by atoms with van der Waals surface area (Å²) < 4.78 is 27.0. The molecule has 0 bridgehead atoms. The lowest BCUT2D eigenvalue weighted by Crippen LogP contribution is -2.38. The Balaban J connectivity index is 1.66. The highest BCUT2D eigenvalue weighted by Crippen LogP contribution is 2.29. The molecule has 0 aromatic heterocycles. The predicted molar refractivity (Wildman–Crippen MR) is 98.1 cm³/mol. The maximum atomic E-state index is 12.7. The van der Waals surface area contributed by atoms with E-state index in [2.05, 4.69) is 12.1 Å². The van der Waals surface area contributed by atoms with Gasteiger partial charge in [0.05, 0.1) is 14.9 Å². The van der Waals surface area contributed by atoms with Gasteiger partial charge in [0.25, 0.3) is 0 Å². The number of hydrogen-bond acceptors (Lipinski definition) is 2. The van der Waals surface area contributed by atoms with E-state index in [0.717, 1.165) is 19.3 Å². The Kier molecular flexibility index (Phi) is 5.50. The Morgan fingerprint density at radius 1 is 0.958 bits per heavy atom. The van der Waals surface area contributed by atoms with E-state index in [4.69, 9.17) is 23.2 Å². The maximum Gasteiger partial charge on any atom is 0.243 e. The molecule has 6 heteroatoms. The van der Waals surface area contributed by atoms with Crippen LogP contribution in [0.5, 0.6) is 0 Å². The van der Waals surface area contributed by atoms with Crippen molar-refractivity contribution in [1.29, 1.82) is 0 Å². The van der Waals surface area contributed by atoms with Crippen LogP contribution in [0.3, 0.4) is 0 Å². The molecule has 0 saturated carbocycles. The summed E-state index contributed by atoms with van der Waals surface area (Å²) in [7, 11) is -3.51. The summed E-state index contributed by atoms with van der Waals surface area (Å²) in [4.78, 5) is 0.207. The highest BCUT2D eigenvalue weighted by Gasteiger charge is 2.29. The molecule has 0 atom stereocenters. The Hall–Kier alpha value is -1.07. The minimum atomic E-state index is -3.51. The second kappa shape index (κ2) is 7.44. The monoisotopic (exact) mass is 383 g/mol. The number of sulfonamides is 1. The van der Waals surface area contributed by atoms with Crippen LogP contribution in [0.25, 0.3) is 0 Å². The van der Waals surface area contributed by atoms with Crippen LogP contribution in [0, 0.1) is 5.92 Å². The van der Waals surface area contributed by atoms with E-state index in [1.54, 1.807) is 4.31 Å². The molecule has 1 aliphatic rings. The molecular formula is C18H19Cl2NO2S. The van der Waals surface area contributed by atoms with Crippen molar-refractivity contribution >= 4 is 33.2 Å². The quantitative estimate of drug-likeness (QED) is 0.770. The summed E-state index contributed by atoms with van der Waals surface area (Å²) >= 11 is 11.8. The van der Waals surface area contributed by atoms with Crippen molar-refractivity contribution in [2.75, 3.05) is 13.1 Å². The first-order valence-electron chi connectivity index (χ1n) is 7.96. The Labute approximate surface area is 153 Å². The predicted octanol–water partition coefficient (Wildman–Crippen LogP) is 4.64. The molecule has 0 amide bonds. The van der Waals surface area contributed by atoms with Crippen LogP contribution >= 0.6 is 23.2 Å². The Bertz CT molecular complexity index is 801. The molecule has 0 radical (unpaired) electrons. The van der Waals surface area contributed by atoms with Gasteiger partial charge in [-0.25, -0.2) is 8.42 Å². The smallest absolute Gasteiger partial charge is 0.207 e. The molecule has 1 fully saturated rings. The summed E-state index contributed by atoms with van der Waals surface area (Å²) in [5.74, 6) is 0.521. The summed E-state index contributed by atoms with van der Waals surface area (Å²) in [6.07, 6.45) is 2.74. The summed E-state index contributed by atoms with van der Waals surface area (Å²) in [6.45, 7) is 1.08. The van der Waals surface area contributed by atoms with Gasteiger partial charge in [-0.15, -0.1) is 0 Å². The van der Waals surface area contributed by atoms with Gasteiger partial charge in [0.2, 0.25) is 10.0 Å². The van der Waals surface area contributed by atoms with Crippen molar-refractivity contribution in [2.24, 2.45) is 5.92 Å². The van der Waals surface area contributed by atoms with Crippen molar-refractivity contribution in [3.8, 4) is 0 Å². The van der Waals surface area contributed by atoms with Gasteiger partial charge in [-0.3, -0.25) is 0 Å². The van der Waals surface area contributed by atoms with E-state index < -0.39 is 10.0 Å². The lowest BCUT2D eigenvalue weighted by Gasteiger charge is -2.31. The van der Waals surface area contributed by atoms with Crippen LogP contribution in [0.4, 0.5) is 0 Å². The average Bonchev–Trinajstić information content (AvgIpc) is 2.58. The molecule has 1 heterocycles. The number of nitrogens with zero attached hydrogens (tertiary/aromatic N) is 1. The molecule has 1 saturated heterocycles. The van der Waals surface area contributed by atoms with Crippen LogP contribution in [-0.2, 0) is 16.4 Å². The third-order valence-corrected chi connectivity index (χ3v) is 7.10. The summed E-state index contributed by atoms with van der Waals surface area (Å²) in [5.41, 5.74) is 1.31. The molecule has 128 valence electrons. The Morgan fingerprint density at radius 3 is 2.25 bits per heavy atom. The lowest BCUT2D eigenvalue weighted by atomic mass is 9.91. The van der Waals surface area contributed by atoms with Gasteiger partial charge >= 0.3 is 0 Å². The molecule has 0 N–H and O–H groups in total. The zero-order valence-electron chi connectivity index (χ0n) is 13.2. The normalized spacial score (nSPS) is 17.1. The fraction of sp³-hybridized carbons (Fsp3) is 0.333. The molecule has 0 spiro atoms. The number of piperidine rings is 1. The van der Waals surface area contributed by atoms with E-state index in [-0.39, 0.29) is 9.92 Å². The standard InChI is InChI=1S/C18H19Cl2NO2S/c19-17-7-6-16(13-18(17)20)24(22,23)21-10-8-15(9-11-21)12-14-4-2-1-3-5-14/h1-7,13,15H,8-12H2. The number of rotatable bonds is 4. The first-order valence-corrected chi connectivity index (χ1v) is 10.2. The van der Waals surface area contributed by atoms with Crippen LogP contribution in [-0.4, -0.2) is 25.8 Å². The van der Waals surface area contributed by atoms with Gasteiger partial charge in [0.15, 0.2) is 0 Å². The van der Waals surface area contributed by atoms with Crippen molar-refractivity contribution < 1.29 is 8.42 Å². The molecule has 3 rings (SSSR count). The lowest BCUT2D eigenvalue weighted by molar-refractivity contribution is 0.273. The number of hydrogen-bond donors (Lipinski definition) is 0. The van der Waals surface area contributed by atoms with Crippen LogP contribution < -0.4 is 0 Å². The SMILES string of the molecule is O=S(=O)(c1ccc(Cl)c(Cl)c1)N1CCC(Cc2ccccc2)CC1. The minimum Gasteiger partial charge on any atom is -0.207 e. The van der Waals surface area contributed by atoms with Gasteiger partial charge < -0.3 is 0 Å². The third kappa shape index (κ3) is 3.94. The minimum absolute atomic E-state index is 0.207. The van der Waals surface area contributed by atoms with Crippen molar-refractivity contribution in [3.05, 3.63) is 64.1 Å². The molecule has 2 aromatic carbocycles. The average molecular weight is 384 g/mol. The number of halogens is 2. The van der Waals surface area contributed by atoms with Crippen LogP contribution in [0.2, 0.25) is 10.0 Å². The van der Waals surface area contributed by atoms with Gasteiger partial charge in [0.1, 0.15) is 0 Å². The van der Waals surface area contributed by atoms with E-state index in [0.29, 0.717) is 24.0 Å². The molecule has 0 unspecified atom stereocenters. The third-order valence-electron chi connectivity index (χ3n) is 4.47. The van der Waals surface area contributed by atoms with Crippen molar-refractivity contribution in [3.63, 3.8) is 0 Å². The summed E-state index contributed by atoms with van der Waals surface area (Å²) in [6, 6.07) is 14.8. The molecule has 24 heavy (non-hydrogen) atoms. The van der Waals surface area contributed by atoms with Crippen molar-refractivity contribution in [2.45, 2.75) is 24.2 Å². The van der Waals surface area contributed by atoms with E-state index in [1.165, 1.54) is 23.8 Å². The fourth-order valence-electron chi connectivity index (χ4n) is 3.09. The zero-order chi connectivity index (χ0) is 17.2. The van der Waals surface area contributed by atoms with Crippen molar-refractivity contribution in [1.82, 2.24) is 4.31 Å². The van der Waals surface area contributed by atoms with E-state index >= 15 is 0 Å². The topological polar surface area (TPSA) is 37.4 Å². The second-order valence-electron chi connectivity index (χ2n) is 6.11. The molecule has 1 aliphatic heterocycles. The largest absolute Gasteiger partial charge is 0.243 e. The van der Waals surface area contributed by atoms with Crippen LogP contribution in [0.1, 0.15) is 18.4 Å². The highest BCUT2D eigenvalue weighted by atomic mass is 35.5. The first kappa shape index (κ1) is 17.7. The van der Waals surface area contributed by atoms with E-state index in [1.807, 2.05) is 18.2 Å². The molecule has 0 aliphatic carbocycles. The molecule has 2 aromatic rings. The molecular weight excluding hydrogens is 365 g/mol. The van der Waals surface area contributed by atoms with Gasteiger partial charge in [-0.2, -0.15) is 4.31 Å². The molecule has 3 nitrogen and oxygen atoms in total. The summed E-state index contributed by atoms with van der Waals surface area (Å²) in [5, 5.41) is 0.619. The van der Waals surface area contributed by atoms with E-state index in [9.17, 15) is 8.42 Å². The second-order valence-corrected chi connectivity index (χ2v) is 8.87. The van der Waals surface area contributed by atoms with Gasteiger partial charge in [-0.05, 0) is 48.9 Å². The zero-order valence-corrected chi connectivity index (χ0v) is 15.5. The fourth-order valence-corrected chi connectivity index (χ4v) is 4.95.